The lowest BCUT2D eigenvalue weighted by Gasteiger charge is -2.08. The van der Waals surface area contributed by atoms with Gasteiger partial charge in [-0.1, -0.05) is 141 Å². The third-order valence-electron chi connectivity index (χ3n) is 10.3. The third kappa shape index (κ3) is 8.17. The topological polar surface area (TPSA) is 26.3 Å². The molecule has 0 amide bonds. The Morgan fingerprint density at radius 1 is 0.348 bits per heavy atom. The second-order valence-electron chi connectivity index (χ2n) is 14.0. The van der Waals surface area contributed by atoms with Gasteiger partial charge in [0.1, 0.15) is 22.7 Å². The van der Waals surface area contributed by atoms with E-state index in [1.165, 1.54) is 159 Å². The Labute approximate surface area is 276 Å². The summed E-state index contributed by atoms with van der Waals surface area (Å²) < 4.78 is 12.7. The number of hydrogen-bond acceptors (Lipinski definition) is 2. The Kier molecular flexibility index (Phi) is 11.7. The molecular formula is C44H56O2. The van der Waals surface area contributed by atoms with E-state index in [2.05, 4.69) is 74.5 Å². The maximum atomic E-state index is 6.34. The highest BCUT2D eigenvalue weighted by Gasteiger charge is 2.12. The summed E-state index contributed by atoms with van der Waals surface area (Å²) in [7, 11) is 0. The van der Waals surface area contributed by atoms with Gasteiger partial charge in [0.25, 0.3) is 0 Å². The fraction of sp³-hybridized carbons (Fsp3) is 0.500. The molecule has 0 bridgehead atoms. The van der Waals surface area contributed by atoms with Crippen molar-refractivity contribution in [2.75, 3.05) is 0 Å². The average molecular weight is 617 g/mol. The van der Waals surface area contributed by atoms with E-state index in [4.69, 9.17) is 8.83 Å². The first-order valence-corrected chi connectivity index (χ1v) is 19.0. The molecule has 0 atom stereocenters. The Morgan fingerprint density at radius 2 is 0.717 bits per heavy atom. The predicted molar refractivity (Wildman–Crippen MR) is 200 cm³/mol. The molecule has 0 saturated carbocycles. The van der Waals surface area contributed by atoms with Crippen molar-refractivity contribution in [3.8, 4) is 0 Å². The SMILES string of the molecule is CCCCCCCCCCCc1cc2cc3c(ccc4c5cc6cc(CCCCCCCCCCC)oc6cc5ccc34)cc2o1. The highest BCUT2D eigenvalue weighted by molar-refractivity contribution is 6.20. The summed E-state index contributed by atoms with van der Waals surface area (Å²) in [5.74, 6) is 2.26. The minimum absolute atomic E-state index is 1.01. The van der Waals surface area contributed by atoms with Crippen LogP contribution in [0.15, 0.2) is 69.5 Å². The Balaban J connectivity index is 1.11. The van der Waals surface area contributed by atoms with Gasteiger partial charge in [0.05, 0.1) is 0 Å². The van der Waals surface area contributed by atoms with Crippen molar-refractivity contribution >= 4 is 54.3 Å². The average Bonchev–Trinajstić information content (AvgIpc) is 3.66. The van der Waals surface area contributed by atoms with Crippen molar-refractivity contribution in [1.82, 2.24) is 0 Å². The first-order valence-electron chi connectivity index (χ1n) is 19.0. The standard InChI is InChI=1S/C44H56O2/c1-3-5-7-9-11-13-15-17-19-21-37-27-35-29-41-33(31-43(35)45-37)23-25-40-39(41)26-24-34-32-44-36(30-42(34)40)28-38(46-44)22-20-18-16-14-12-10-8-6-4-2/h23-32H,3-22H2,1-2H3. The minimum atomic E-state index is 1.01. The first kappa shape index (κ1) is 32.7. The molecule has 0 aliphatic carbocycles. The zero-order valence-electron chi connectivity index (χ0n) is 28.7. The van der Waals surface area contributed by atoms with E-state index >= 15 is 0 Å². The van der Waals surface area contributed by atoms with E-state index in [0.29, 0.717) is 0 Å². The van der Waals surface area contributed by atoms with Crippen LogP contribution in [0.1, 0.15) is 141 Å². The molecule has 0 spiro atoms. The van der Waals surface area contributed by atoms with E-state index in [1.807, 2.05) is 0 Å². The molecule has 0 saturated heterocycles. The van der Waals surface area contributed by atoms with Gasteiger partial charge >= 0.3 is 0 Å². The monoisotopic (exact) mass is 616 g/mol. The lowest BCUT2D eigenvalue weighted by Crippen LogP contribution is -1.84. The van der Waals surface area contributed by atoms with E-state index in [1.54, 1.807) is 0 Å². The predicted octanol–water partition coefficient (Wildman–Crippen LogP) is 14.8. The van der Waals surface area contributed by atoms with Gasteiger partial charge in [-0.3, -0.25) is 0 Å². The number of aryl methyl sites for hydroxylation is 2. The van der Waals surface area contributed by atoms with Crippen LogP contribution in [-0.2, 0) is 12.8 Å². The molecule has 46 heavy (non-hydrogen) atoms. The molecule has 0 aliphatic rings. The molecule has 6 aromatic rings. The van der Waals surface area contributed by atoms with Gasteiger partial charge in [-0.25, -0.2) is 0 Å². The van der Waals surface area contributed by atoms with Crippen LogP contribution in [0.4, 0.5) is 0 Å². The molecule has 4 aromatic carbocycles. The van der Waals surface area contributed by atoms with Gasteiger partial charge in [0, 0.05) is 23.6 Å². The molecule has 0 radical (unpaired) electrons. The van der Waals surface area contributed by atoms with Crippen LogP contribution in [0, 0.1) is 0 Å². The van der Waals surface area contributed by atoms with Crippen LogP contribution in [-0.4, -0.2) is 0 Å². The van der Waals surface area contributed by atoms with Crippen LogP contribution in [0.5, 0.6) is 0 Å². The van der Waals surface area contributed by atoms with Crippen LogP contribution in [0.25, 0.3) is 54.3 Å². The Hall–Kier alpha value is -3.26. The van der Waals surface area contributed by atoms with E-state index in [-0.39, 0.29) is 0 Å². The summed E-state index contributed by atoms with van der Waals surface area (Å²) in [6, 6.07) is 22.9. The molecule has 0 unspecified atom stereocenters. The van der Waals surface area contributed by atoms with Crippen molar-refractivity contribution in [3.63, 3.8) is 0 Å². The number of hydrogen-bond donors (Lipinski definition) is 0. The molecule has 0 aliphatic heterocycles. The van der Waals surface area contributed by atoms with Crippen molar-refractivity contribution in [1.29, 1.82) is 0 Å². The van der Waals surface area contributed by atoms with Crippen molar-refractivity contribution < 1.29 is 8.83 Å². The second kappa shape index (κ2) is 16.5. The smallest absolute Gasteiger partial charge is 0.134 e. The summed E-state index contributed by atoms with van der Waals surface area (Å²) in [6.45, 7) is 4.58. The normalized spacial score (nSPS) is 12.1. The second-order valence-corrected chi connectivity index (χ2v) is 14.0. The third-order valence-corrected chi connectivity index (χ3v) is 10.3. The van der Waals surface area contributed by atoms with Gasteiger partial charge in [-0.05, 0) is 81.6 Å². The van der Waals surface area contributed by atoms with Gasteiger partial charge in [-0.2, -0.15) is 0 Å². The Bertz CT molecular complexity index is 1700. The van der Waals surface area contributed by atoms with E-state index in [0.717, 1.165) is 35.5 Å². The van der Waals surface area contributed by atoms with E-state index in [9.17, 15) is 0 Å². The number of fused-ring (bicyclic) bond motifs is 7. The van der Waals surface area contributed by atoms with Gasteiger partial charge in [0.2, 0.25) is 0 Å². The number of rotatable bonds is 20. The van der Waals surface area contributed by atoms with Crippen molar-refractivity contribution in [3.05, 3.63) is 72.2 Å². The van der Waals surface area contributed by atoms with Crippen LogP contribution >= 0.6 is 0 Å². The zero-order valence-corrected chi connectivity index (χ0v) is 28.7. The molecule has 2 aromatic heterocycles. The fourth-order valence-electron chi connectivity index (χ4n) is 7.52. The van der Waals surface area contributed by atoms with Gasteiger partial charge < -0.3 is 8.83 Å². The molecule has 0 fully saturated rings. The summed E-state index contributed by atoms with van der Waals surface area (Å²) in [4.78, 5) is 0. The van der Waals surface area contributed by atoms with Crippen LogP contribution < -0.4 is 0 Å². The maximum Gasteiger partial charge on any atom is 0.134 e. The molecule has 2 nitrogen and oxygen atoms in total. The largest absolute Gasteiger partial charge is 0.461 e. The summed E-state index contributed by atoms with van der Waals surface area (Å²) in [5.41, 5.74) is 2.02. The fourth-order valence-corrected chi connectivity index (χ4v) is 7.52. The van der Waals surface area contributed by atoms with E-state index < -0.39 is 0 Å². The lowest BCUT2D eigenvalue weighted by molar-refractivity contribution is 0.516. The zero-order chi connectivity index (χ0) is 31.6. The quantitative estimate of drug-likeness (QED) is 0.0630. The highest BCUT2D eigenvalue weighted by atomic mass is 16.3. The summed E-state index contributed by atoms with van der Waals surface area (Å²) in [6.07, 6.45) is 26.4. The molecule has 244 valence electrons. The van der Waals surface area contributed by atoms with Crippen LogP contribution in [0.2, 0.25) is 0 Å². The first-order chi connectivity index (χ1) is 22.7. The summed E-state index contributed by atoms with van der Waals surface area (Å²) >= 11 is 0. The molecule has 6 rings (SSSR count). The number of unbranched alkanes of at least 4 members (excludes halogenated alkanes) is 16. The van der Waals surface area contributed by atoms with Crippen molar-refractivity contribution in [2.24, 2.45) is 0 Å². The summed E-state index contributed by atoms with van der Waals surface area (Å²) in [5, 5.41) is 10.2. The molecule has 2 heterocycles. The highest BCUT2D eigenvalue weighted by Crippen LogP contribution is 2.36. The maximum absolute atomic E-state index is 6.34. The van der Waals surface area contributed by atoms with Crippen LogP contribution in [0.3, 0.4) is 0 Å². The molecule has 2 heteroatoms. The van der Waals surface area contributed by atoms with Gasteiger partial charge in [-0.15, -0.1) is 0 Å². The minimum Gasteiger partial charge on any atom is -0.461 e. The number of benzene rings is 4. The lowest BCUT2D eigenvalue weighted by atomic mass is 9.95. The molecule has 0 N–H and O–H groups in total. The molecular weight excluding hydrogens is 560 g/mol. The number of furan rings is 2. The van der Waals surface area contributed by atoms with Crippen molar-refractivity contribution in [2.45, 2.75) is 142 Å². The Morgan fingerprint density at radius 3 is 1.11 bits per heavy atom. The van der Waals surface area contributed by atoms with Gasteiger partial charge in [0.15, 0.2) is 0 Å².